The summed E-state index contributed by atoms with van der Waals surface area (Å²) in [6, 6.07) is 6.88. The molecule has 10 heteroatoms. The molecule has 0 aliphatic carbocycles. The fourth-order valence-corrected chi connectivity index (χ4v) is 4.92. The molecule has 3 rings (SSSR count). The van der Waals surface area contributed by atoms with E-state index in [9.17, 15) is 19.2 Å². The highest BCUT2D eigenvalue weighted by Gasteiger charge is 2.39. The average Bonchev–Trinajstić information content (AvgIpc) is 3.56. The highest BCUT2D eigenvalue weighted by Crippen LogP contribution is 2.21. The van der Waals surface area contributed by atoms with Gasteiger partial charge in [-0.3, -0.25) is 14.4 Å². The lowest BCUT2D eigenvalue weighted by Gasteiger charge is -2.30. The molecule has 4 atom stereocenters. The molecule has 3 N–H and O–H groups in total. The van der Waals surface area contributed by atoms with Crippen LogP contribution in [0.25, 0.3) is 0 Å². The van der Waals surface area contributed by atoms with Gasteiger partial charge in [-0.05, 0) is 57.1 Å². The van der Waals surface area contributed by atoms with E-state index < -0.39 is 30.0 Å². The van der Waals surface area contributed by atoms with Crippen molar-refractivity contribution in [3.05, 3.63) is 35.9 Å². The zero-order valence-electron chi connectivity index (χ0n) is 22.0. The topological polar surface area (TPSA) is 117 Å². The van der Waals surface area contributed by atoms with Gasteiger partial charge >= 0.3 is 5.97 Å². The Morgan fingerprint density at radius 1 is 1.05 bits per heavy atom. The van der Waals surface area contributed by atoms with Gasteiger partial charge in [-0.2, -0.15) is 0 Å². The molecule has 0 saturated carbocycles. The molecule has 3 amide bonds. The number of rotatable bonds is 11. The van der Waals surface area contributed by atoms with Crippen LogP contribution in [-0.2, 0) is 30.3 Å². The lowest BCUT2D eigenvalue weighted by molar-refractivity contribution is -0.153. The average molecular weight is 537 g/mol. The van der Waals surface area contributed by atoms with Crippen LogP contribution in [0, 0.1) is 5.92 Å². The predicted octanol–water partition coefficient (Wildman–Crippen LogP) is 1.97. The molecule has 2 fully saturated rings. The fraction of sp³-hybridized carbons (Fsp3) is 0.630. The normalized spacial score (nSPS) is 20.6. The van der Waals surface area contributed by atoms with Crippen molar-refractivity contribution in [2.24, 2.45) is 5.92 Å². The summed E-state index contributed by atoms with van der Waals surface area (Å²) in [5.74, 6) is -1.15. The van der Waals surface area contributed by atoms with Crippen LogP contribution in [0.3, 0.4) is 0 Å². The van der Waals surface area contributed by atoms with Crippen LogP contribution in [0.15, 0.2) is 30.3 Å². The van der Waals surface area contributed by atoms with Gasteiger partial charge in [0.05, 0.1) is 12.6 Å². The van der Waals surface area contributed by atoms with Crippen molar-refractivity contribution in [1.29, 1.82) is 0 Å². The van der Waals surface area contributed by atoms with E-state index in [4.69, 9.17) is 4.74 Å². The van der Waals surface area contributed by atoms with Gasteiger partial charge in [-0.1, -0.05) is 44.2 Å². The van der Waals surface area contributed by atoms with Gasteiger partial charge in [0.1, 0.15) is 18.1 Å². The van der Waals surface area contributed by atoms with Gasteiger partial charge in [0.15, 0.2) is 0 Å². The number of esters is 1. The third-order valence-corrected chi connectivity index (χ3v) is 6.71. The second-order valence-electron chi connectivity index (χ2n) is 10.0. The molecule has 2 saturated heterocycles. The number of benzene rings is 1. The maximum Gasteiger partial charge on any atom is 0.328 e. The van der Waals surface area contributed by atoms with Crippen LogP contribution in [0.2, 0.25) is 0 Å². The Bertz CT molecular complexity index is 907. The van der Waals surface area contributed by atoms with E-state index in [0.717, 1.165) is 24.9 Å². The lowest BCUT2D eigenvalue weighted by Crippen LogP contribution is -2.58. The van der Waals surface area contributed by atoms with E-state index in [1.807, 2.05) is 44.2 Å². The summed E-state index contributed by atoms with van der Waals surface area (Å²) in [7, 11) is 0. The third-order valence-electron chi connectivity index (χ3n) is 6.71. The molecule has 0 radical (unpaired) electrons. The van der Waals surface area contributed by atoms with Crippen molar-refractivity contribution >= 4 is 36.1 Å². The Hall–Kier alpha value is -2.65. The summed E-state index contributed by atoms with van der Waals surface area (Å²) in [5.41, 5.74) is 0.891. The summed E-state index contributed by atoms with van der Waals surface area (Å²) in [5, 5.41) is 8.98. The van der Waals surface area contributed by atoms with Crippen LogP contribution in [0.1, 0.15) is 58.4 Å². The van der Waals surface area contributed by atoms with Gasteiger partial charge < -0.3 is 25.6 Å². The molecule has 1 aromatic carbocycles. The molecule has 0 spiro atoms. The van der Waals surface area contributed by atoms with E-state index in [-0.39, 0.29) is 49.2 Å². The van der Waals surface area contributed by atoms with Crippen molar-refractivity contribution in [3.63, 3.8) is 0 Å². The molecule has 9 nitrogen and oxygen atoms in total. The minimum atomic E-state index is -0.869. The number of ether oxygens (including phenoxy) is 1. The number of amides is 3. The van der Waals surface area contributed by atoms with Gasteiger partial charge in [0.25, 0.3) is 0 Å². The van der Waals surface area contributed by atoms with Crippen LogP contribution in [0.4, 0.5) is 0 Å². The first-order chi connectivity index (χ1) is 17.3. The standard InChI is InChI=1S/C27H40N4O5.ClH/c1-4-36-27(35)23-13-9-15-31(23)26(34)22(17-19-10-6-5-7-11-19)30-25(33)21(16-18(2)3)29-24(32)20-12-8-14-28-20;/h5-7,10-11,18,20-23,28H,4,8-9,12-17H2,1-3H3,(H,29,32)(H,30,33);1H/t20-,21-,22-,23-;/m0./s1. The molecule has 2 aliphatic rings. The summed E-state index contributed by atoms with van der Waals surface area (Å²) < 4.78 is 5.19. The summed E-state index contributed by atoms with van der Waals surface area (Å²) >= 11 is 0. The number of hydrogen-bond donors (Lipinski definition) is 3. The predicted molar refractivity (Wildman–Crippen MR) is 143 cm³/mol. The molecule has 0 bridgehead atoms. The molecule has 0 aromatic heterocycles. The number of likely N-dealkylation sites (tertiary alicyclic amines) is 1. The zero-order valence-corrected chi connectivity index (χ0v) is 22.9. The van der Waals surface area contributed by atoms with E-state index in [2.05, 4.69) is 16.0 Å². The van der Waals surface area contributed by atoms with Crippen LogP contribution < -0.4 is 16.0 Å². The van der Waals surface area contributed by atoms with Crippen molar-refractivity contribution in [2.45, 2.75) is 83.5 Å². The van der Waals surface area contributed by atoms with Crippen molar-refractivity contribution in [2.75, 3.05) is 19.7 Å². The quantitative estimate of drug-likeness (QED) is 0.372. The second-order valence-corrected chi connectivity index (χ2v) is 10.0. The van der Waals surface area contributed by atoms with Gasteiger partial charge in [0.2, 0.25) is 17.7 Å². The van der Waals surface area contributed by atoms with E-state index in [0.29, 0.717) is 25.8 Å². The van der Waals surface area contributed by atoms with E-state index in [1.165, 1.54) is 4.90 Å². The monoisotopic (exact) mass is 536 g/mol. The van der Waals surface area contributed by atoms with Crippen molar-refractivity contribution < 1.29 is 23.9 Å². The largest absolute Gasteiger partial charge is 0.464 e. The lowest BCUT2D eigenvalue weighted by atomic mass is 10.00. The number of carbonyl (C=O) groups excluding carboxylic acids is 4. The Balaban J connectivity index is 0.00000481. The van der Waals surface area contributed by atoms with Crippen LogP contribution in [-0.4, -0.2) is 72.5 Å². The van der Waals surface area contributed by atoms with Gasteiger partial charge in [-0.15, -0.1) is 12.4 Å². The number of hydrogen-bond acceptors (Lipinski definition) is 6. The van der Waals surface area contributed by atoms with Gasteiger partial charge in [-0.25, -0.2) is 4.79 Å². The minimum absolute atomic E-state index is 0. The molecule has 1 aromatic rings. The molecular formula is C27H41ClN4O5. The fourth-order valence-electron chi connectivity index (χ4n) is 4.92. The highest BCUT2D eigenvalue weighted by atomic mass is 35.5. The molecule has 37 heavy (non-hydrogen) atoms. The molecule has 2 aliphatic heterocycles. The number of nitrogens with zero attached hydrogens (tertiary/aromatic N) is 1. The molecule has 206 valence electrons. The smallest absolute Gasteiger partial charge is 0.328 e. The second kappa shape index (κ2) is 14.9. The Kier molecular flexibility index (Phi) is 12.3. The Morgan fingerprint density at radius 3 is 2.41 bits per heavy atom. The highest BCUT2D eigenvalue weighted by molar-refractivity contribution is 5.94. The third kappa shape index (κ3) is 8.71. The van der Waals surface area contributed by atoms with Crippen LogP contribution in [0.5, 0.6) is 0 Å². The maximum absolute atomic E-state index is 13.7. The van der Waals surface area contributed by atoms with E-state index >= 15 is 0 Å². The Morgan fingerprint density at radius 2 is 1.78 bits per heavy atom. The Labute approximate surface area is 225 Å². The first kappa shape index (κ1) is 30.6. The van der Waals surface area contributed by atoms with E-state index in [1.54, 1.807) is 6.92 Å². The zero-order chi connectivity index (χ0) is 26.1. The summed E-state index contributed by atoms with van der Waals surface area (Å²) in [6.45, 7) is 7.17. The molecule has 0 unspecified atom stereocenters. The number of halogens is 1. The minimum Gasteiger partial charge on any atom is -0.464 e. The van der Waals surface area contributed by atoms with Crippen molar-refractivity contribution in [3.8, 4) is 0 Å². The van der Waals surface area contributed by atoms with Crippen molar-refractivity contribution in [1.82, 2.24) is 20.9 Å². The SMILES string of the molecule is CCOC(=O)[C@@H]1CCCN1C(=O)[C@H](Cc1ccccc1)NC(=O)[C@H](CC(C)C)NC(=O)[C@@H]1CCCN1.Cl. The number of nitrogens with one attached hydrogen (secondary N) is 3. The number of carbonyl (C=O) groups is 4. The van der Waals surface area contributed by atoms with Gasteiger partial charge in [0, 0.05) is 13.0 Å². The first-order valence-corrected chi connectivity index (χ1v) is 13.1. The summed E-state index contributed by atoms with van der Waals surface area (Å²) in [6.07, 6.45) is 3.62. The molecule has 2 heterocycles. The maximum atomic E-state index is 13.7. The first-order valence-electron chi connectivity index (χ1n) is 13.1. The molecular weight excluding hydrogens is 496 g/mol. The van der Waals surface area contributed by atoms with Crippen LogP contribution >= 0.6 is 12.4 Å². The summed E-state index contributed by atoms with van der Waals surface area (Å²) in [4.78, 5) is 53.9.